The van der Waals surface area contributed by atoms with E-state index in [0.717, 1.165) is 40.8 Å². The minimum absolute atomic E-state index is 0.154. The predicted molar refractivity (Wildman–Crippen MR) is 89.3 cm³/mol. The maximum Gasteiger partial charge on any atom is 0.194 e. The van der Waals surface area contributed by atoms with E-state index in [1.54, 1.807) is 0 Å². The zero-order valence-electron chi connectivity index (χ0n) is 13.8. The van der Waals surface area contributed by atoms with E-state index in [1.165, 1.54) is 0 Å². The summed E-state index contributed by atoms with van der Waals surface area (Å²) in [7, 11) is 0. The van der Waals surface area contributed by atoms with Crippen LogP contribution >= 0.6 is 0 Å². The molecule has 3 rings (SSSR count). The van der Waals surface area contributed by atoms with Gasteiger partial charge in [0.1, 0.15) is 0 Å². The quantitative estimate of drug-likeness (QED) is 0.927. The number of hydrogen-bond acceptors (Lipinski definition) is 3. The Balaban J connectivity index is 1.98. The summed E-state index contributed by atoms with van der Waals surface area (Å²) in [5.41, 5.74) is 4.02. The van der Waals surface area contributed by atoms with Crippen molar-refractivity contribution in [2.45, 2.75) is 46.4 Å². The largest absolute Gasteiger partial charge is 0.373 e. The van der Waals surface area contributed by atoms with Crippen LogP contribution < -0.4 is 5.43 Å². The van der Waals surface area contributed by atoms with E-state index in [-0.39, 0.29) is 17.6 Å². The Morgan fingerprint density at radius 2 is 1.91 bits per heavy atom. The molecule has 4 nitrogen and oxygen atoms in total. The van der Waals surface area contributed by atoms with Gasteiger partial charge in [-0.3, -0.25) is 9.69 Å². The Bertz CT molecular complexity index is 741. The number of benzene rings is 1. The van der Waals surface area contributed by atoms with Crippen LogP contribution in [0.15, 0.2) is 23.0 Å². The molecule has 0 aliphatic carbocycles. The van der Waals surface area contributed by atoms with Gasteiger partial charge in [0.2, 0.25) is 0 Å². The van der Waals surface area contributed by atoms with Gasteiger partial charge in [0.25, 0.3) is 0 Å². The van der Waals surface area contributed by atoms with Gasteiger partial charge in [-0.1, -0.05) is 11.6 Å². The molecule has 0 bridgehead atoms. The summed E-state index contributed by atoms with van der Waals surface area (Å²) >= 11 is 0. The number of pyridine rings is 1. The average molecular weight is 300 g/mol. The van der Waals surface area contributed by atoms with Gasteiger partial charge >= 0.3 is 0 Å². The van der Waals surface area contributed by atoms with Crippen molar-refractivity contribution in [2.75, 3.05) is 13.1 Å². The Morgan fingerprint density at radius 3 is 2.59 bits per heavy atom. The summed E-state index contributed by atoms with van der Waals surface area (Å²) in [5.74, 6) is 0. The fourth-order valence-corrected chi connectivity index (χ4v) is 3.39. The molecule has 1 saturated heterocycles. The van der Waals surface area contributed by atoms with Crippen molar-refractivity contribution >= 4 is 10.9 Å². The van der Waals surface area contributed by atoms with Gasteiger partial charge in [-0.15, -0.1) is 0 Å². The van der Waals surface area contributed by atoms with Gasteiger partial charge in [-0.05, 0) is 39.8 Å². The number of fused-ring (bicyclic) bond motifs is 1. The zero-order chi connectivity index (χ0) is 15.9. The van der Waals surface area contributed by atoms with Crippen LogP contribution in [0, 0.1) is 13.8 Å². The van der Waals surface area contributed by atoms with Gasteiger partial charge in [0.15, 0.2) is 5.43 Å². The van der Waals surface area contributed by atoms with Crippen molar-refractivity contribution < 1.29 is 4.74 Å². The molecule has 2 aromatic rings. The molecular weight excluding hydrogens is 276 g/mol. The number of morpholine rings is 1. The molecule has 1 aliphatic heterocycles. The lowest BCUT2D eigenvalue weighted by molar-refractivity contribution is -0.0706. The second-order valence-electron chi connectivity index (χ2n) is 6.56. The average Bonchev–Trinajstić information content (AvgIpc) is 2.43. The first-order chi connectivity index (χ1) is 10.4. The molecular formula is C18H24N2O2. The maximum absolute atomic E-state index is 12.9. The lowest BCUT2D eigenvalue weighted by Crippen LogP contribution is -2.45. The van der Waals surface area contributed by atoms with Crippen LogP contribution in [-0.2, 0) is 11.3 Å². The van der Waals surface area contributed by atoms with E-state index in [2.05, 4.69) is 23.7 Å². The fourth-order valence-electron chi connectivity index (χ4n) is 3.39. The summed E-state index contributed by atoms with van der Waals surface area (Å²) in [6, 6.07) is 5.99. The van der Waals surface area contributed by atoms with E-state index in [0.29, 0.717) is 6.54 Å². The summed E-state index contributed by atoms with van der Waals surface area (Å²) in [6.45, 7) is 10.6. The third kappa shape index (κ3) is 2.94. The molecule has 22 heavy (non-hydrogen) atoms. The van der Waals surface area contributed by atoms with Gasteiger partial charge < -0.3 is 9.72 Å². The Morgan fingerprint density at radius 1 is 1.23 bits per heavy atom. The number of nitrogens with one attached hydrogen (secondary N) is 1. The number of hydrogen-bond donors (Lipinski definition) is 1. The van der Waals surface area contributed by atoms with Crippen molar-refractivity contribution in [2.24, 2.45) is 0 Å². The second kappa shape index (κ2) is 5.86. The van der Waals surface area contributed by atoms with Crippen molar-refractivity contribution in [3.05, 3.63) is 45.2 Å². The van der Waals surface area contributed by atoms with Gasteiger partial charge in [0.05, 0.1) is 12.2 Å². The first kappa shape index (κ1) is 15.3. The van der Waals surface area contributed by atoms with Crippen LogP contribution in [-0.4, -0.2) is 35.2 Å². The number of rotatable bonds is 2. The van der Waals surface area contributed by atoms with Crippen molar-refractivity contribution in [1.29, 1.82) is 0 Å². The smallest absolute Gasteiger partial charge is 0.194 e. The lowest BCUT2D eigenvalue weighted by atomic mass is 10.1. The van der Waals surface area contributed by atoms with E-state index in [4.69, 9.17) is 4.74 Å². The van der Waals surface area contributed by atoms with Crippen LogP contribution in [0.4, 0.5) is 0 Å². The van der Waals surface area contributed by atoms with Crippen LogP contribution in [0.1, 0.15) is 30.7 Å². The molecule has 0 spiro atoms. The van der Waals surface area contributed by atoms with Crippen LogP contribution in [0.25, 0.3) is 10.9 Å². The van der Waals surface area contributed by atoms with E-state index >= 15 is 0 Å². The molecule has 1 fully saturated rings. The molecule has 0 unspecified atom stereocenters. The van der Waals surface area contributed by atoms with Crippen LogP contribution in [0.2, 0.25) is 0 Å². The molecule has 1 aliphatic rings. The molecule has 1 aromatic carbocycles. The van der Waals surface area contributed by atoms with E-state index in [1.807, 2.05) is 32.0 Å². The Labute approximate surface area is 131 Å². The second-order valence-corrected chi connectivity index (χ2v) is 6.56. The zero-order valence-corrected chi connectivity index (χ0v) is 13.8. The van der Waals surface area contributed by atoms with E-state index < -0.39 is 0 Å². The highest BCUT2D eigenvalue weighted by molar-refractivity contribution is 5.80. The lowest BCUT2D eigenvalue weighted by Gasteiger charge is -2.35. The third-order valence-electron chi connectivity index (χ3n) is 4.35. The molecule has 0 saturated carbocycles. The van der Waals surface area contributed by atoms with Crippen molar-refractivity contribution in [3.63, 3.8) is 0 Å². The SMILES string of the molecule is Cc1ccc2[nH]c(C)c(CN3C[C@H](C)O[C@@H](C)C3)c(=O)c2c1. The number of aryl methyl sites for hydroxylation is 2. The summed E-state index contributed by atoms with van der Waals surface area (Å²) in [5, 5.41) is 0.787. The van der Waals surface area contributed by atoms with Crippen LogP contribution in [0.5, 0.6) is 0 Å². The molecule has 0 radical (unpaired) electrons. The van der Waals surface area contributed by atoms with Crippen LogP contribution in [0.3, 0.4) is 0 Å². The number of aromatic amines is 1. The minimum Gasteiger partial charge on any atom is -0.373 e. The molecule has 1 N–H and O–H groups in total. The maximum atomic E-state index is 12.9. The Kier molecular flexibility index (Phi) is 4.06. The number of ether oxygens (including phenoxy) is 1. The molecule has 4 heteroatoms. The number of H-pyrrole nitrogens is 1. The summed E-state index contributed by atoms with van der Waals surface area (Å²) in [6.07, 6.45) is 0.427. The first-order valence-corrected chi connectivity index (χ1v) is 7.94. The molecule has 1 aromatic heterocycles. The van der Waals surface area contributed by atoms with Crippen molar-refractivity contribution in [1.82, 2.24) is 9.88 Å². The van der Waals surface area contributed by atoms with E-state index in [9.17, 15) is 4.79 Å². The van der Waals surface area contributed by atoms with Gasteiger partial charge in [-0.2, -0.15) is 0 Å². The predicted octanol–water partition coefficient (Wildman–Crippen LogP) is 2.75. The highest BCUT2D eigenvalue weighted by Gasteiger charge is 2.23. The standard InChI is InChI=1S/C18H24N2O2/c1-11-5-6-17-15(7-11)18(21)16(14(4)19-17)10-20-8-12(2)22-13(3)9-20/h5-7,12-13H,8-10H2,1-4H3,(H,19,21)/t12-,13-/m0/s1. The first-order valence-electron chi connectivity index (χ1n) is 7.94. The highest BCUT2D eigenvalue weighted by atomic mass is 16.5. The minimum atomic E-state index is 0.154. The number of nitrogens with zero attached hydrogens (tertiary/aromatic N) is 1. The monoisotopic (exact) mass is 300 g/mol. The molecule has 2 atom stereocenters. The molecule has 0 amide bonds. The topological polar surface area (TPSA) is 45.3 Å². The van der Waals surface area contributed by atoms with Gasteiger partial charge in [0, 0.05) is 41.8 Å². The summed E-state index contributed by atoms with van der Waals surface area (Å²) < 4.78 is 5.77. The normalized spacial score (nSPS) is 23.1. The summed E-state index contributed by atoms with van der Waals surface area (Å²) in [4.78, 5) is 18.6. The fraction of sp³-hybridized carbons (Fsp3) is 0.500. The van der Waals surface area contributed by atoms with Crippen molar-refractivity contribution in [3.8, 4) is 0 Å². The molecule has 118 valence electrons. The number of aromatic nitrogens is 1. The highest BCUT2D eigenvalue weighted by Crippen LogP contribution is 2.17. The van der Waals surface area contributed by atoms with Gasteiger partial charge in [-0.25, -0.2) is 0 Å². The molecule has 2 heterocycles. The Hall–Kier alpha value is -1.65. The third-order valence-corrected chi connectivity index (χ3v) is 4.35.